The molecule has 2 N–H and O–H groups in total. The zero-order chi connectivity index (χ0) is 23.9. The van der Waals surface area contributed by atoms with Gasteiger partial charge in [-0.25, -0.2) is 9.89 Å². The molecule has 3 rings (SSSR count). The summed E-state index contributed by atoms with van der Waals surface area (Å²) in [6.45, 7) is 3.38. The van der Waals surface area contributed by atoms with Crippen LogP contribution >= 0.6 is 23.2 Å². The number of rotatable bonds is 4. The third-order valence-corrected chi connectivity index (χ3v) is 4.05. The van der Waals surface area contributed by atoms with Crippen LogP contribution in [0, 0.1) is 11.3 Å². The molecule has 3 aromatic rings. The van der Waals surface area contributed by atoms with E-state index in [1.54, 1.807) is 13.8 Å². The highest BCUT2D eigenvalue weighted by atomic mass is 35.5. The van der Waals surface area contributed by atoms with Crippen LogP contribution in [0.1, 0.15) is 35.1 Å². The summed E-state index contributed by atoms with van der Waals surface area (Å²) in [7, 11) is 0. The van der Waals surface area contributed by atoms with Crippen LogP contribution in [-0.2, 0) is 0 Å². The Balaban J connectivity index is 2.24. The lowest BCUT2D eigenvalue weighted by Crippen LogP contribution is -2.33. The van der Waals surface area contributed by atoms with Gasteiger partial charge in [0, 0.05) is 11.6 Å². The fourth-order valence-corrected chi connectivity index (χ4v) is 2.68. The van der Waals surface area contributed by atoms with Crippen molar-refractivity contribution in [3.8, 4) is 23.4 Å². The molecule has 0 aliphatic heterocycles. The number of hydrogen-bond acceptors (Lipinski definition) is 7. The number of ether oxygens (including phenoxy) is 1. The molecule has 12 heteroatoms. The standard InChI is InChI=1S/C17H12Cl2N6O4/c1-7(2)9-5-13(22-23-15(9)26)29-14-10(18)3-8(4-11(14)19)25-17(28)21-16(27)12(6-20)24-25/h3-5,7H,1-2H3,(H,23,26)(H,21,27,28)/i3D,4D,5D. The number of nitrogens with one attached hydrogen (secondary N) is 2. The first-order valence-corrected chi connectivity index (χ1v) is 8.64. The van der Waals surface area contributed by atoms with E-state index in [0.717, 1.165) is 0 Å². The lowest BCUT2D eigenvalue weighted by molar-refractivity contribution is 0.452. The molecular formula is C17H12Cl2N6O4. The number of hydrogen-bond donors (Lipinski definition) is 2. The number of benzene rings is 1. The average molecular weight is 438 g/mol. The summed E-state index contributed by atoms with van der Waals surface area (Å²) >= 11 is 12.4. The minimum Gasteiger partial charge on any atom is -0.434 e. The molecule has 29 heavy (non-hydrogen) atoms. The van der Waals surface area contributed by atoms with Gasteiger partial charge in [-0.1, -0.05) is 37.0 Å². The number of aromatic amines is 2. The van der Waals surface area contributed by atoms with Gasteiger partial charge in [-0.05, 0) is 18.0 Å². The van der Waals surface area contributed by atoms with E-state index in [1.807, 2.05) is 4.98 Å². The molecule has 1 aromatic carbocycles. The fourth-order valence-electron chi connectivity index (χ4n) is 2.18. The van der Waals surface area contributed by atoms with E-state index < -0.39 is 56.1 Å². The van der Waals surface area contributed by atoms with Crippen molar-refractivity contribution in [1.29, 1.82) is 5.26 Å². The summed E-state index contributed by atoms with van der Waals surface area (Å²) in [5, 5.41) is 17.4. The Hall–Kier alpha value is -3.42. The summed E-state index contributed by atoms with van der Waals surface area (Å²) in [4.78, 5) is 37.5. The number of halogens is 2. The van der Waals surface area contributed by atoms with Crippen molar-refractivity contribution in [2.75, 3.05) is 0 Å². The molecule has 0 bridgehead atoms. The Morgan fingerprint density at radius 2 is 1.86 bits per heavy atom. The van der Waals surface area contributed by atoms with E-state index in [9.17, 15) is 14.4 Å². The molecule has 0 unspecified atom stereocenters. The van der Waals surface area contributed by atoms with Gasteiger partial charge in [0.1, 0.15) is 6.07 Å². The van der Waals surface area contributed by atoms with Crippen molar-refractivity contribution in [2.24, 2.45) is 0 Å². The van der Waals surface area contributed by atoms with Crippen molar-refractivity contribution >= 4 is 23.2 Å². The molecule has 0 fully saturated rings. The molecule has 0 radical (unpaired) electrons. The van der Waals surface area contributed by atoms with Crippen molar-refractivity contribution in [2.45, 2.75) is 19.8 Å². The summed E-state index contributed by atoms with van der Waals surface area (Å²) in [5.74, 6) is -1.14. The number of aromatic nitrogens is 5. The smallest absolute Gasteiger partial charge is 0.349 e. The SMILES string of the molecule is [2H]c1c(Cl)c(Oc2n[nH]c(=O)c(C(C)C)c2[2H])c(Cl)c([2H])c1-n1nc(C#N)c(=O)[nH]c1=O. The van der Waals surface area contributed by atoms with Gasteiger partial charge in [-0.2, -0.15) is 9.94 Å². The summed E-state index contributed by atoms with van der Waals surface area (Å²) < 4.78 is 30.6. The Labute approximate surface area is 176 Å². The molecule has 0 saturated carbocycles. The first kappa shape index (κ1) is 16.5. The topological polar surface area (TPSA) is 147 Å². The molecule has 0 atom stereocenters. The Bertz CT molecular complexity index is 1450. The van der Waals surface area contributed by atoms with E-state index in [1.165, 1.54) is 6.07 Å². The molecule has 0 saturated heterocycles. The predicted octanol–water partition coefficient (Wildman–Crippen LogP) is 2.10. The lowest BCUT2D eigenvalue weighted by Gasteiger charge is -2.12. The fraction of sp³-hybridized carbons (Fsp3) is 0.176. The second-order valence-corrected chi connectivity index (χ2v) is 6.60. The Kier molecular flexibility index (Phi) is 4.50. The van der Waals surface area contributed by atoms with Crippen LogP contribution in [0.5, 0.6) is 11.6 Å². The maximum atomic E-state index is 12.2. The first-order valence-electron chi connectivity index (χ1n) is 9.38. The van der Waals surface area contributed by atoms with Crippen LogP contribution in [0.25, 0.3) is 5.69 Å². The second kappa shape index (κ2) is 7.90. The van der Waals surface area contributed by atoms with Crippen LogP contribution in [0.4, 0.5) is 0 Å². The average Bonchev–Trinajstić information content (AvgIpc) is 2.72. The van der Waals surface area contributed by atoms with E-state index in [-0.39, 0.29) is 23.4 Å². The molecule has 2 aromatic heterocycles. The van der Waals surface area contributed by atoms with Crippen molar-refractivity contribution in [1.82, 2.24) is 25.0 Å². The van der Waals surface area contributed by atoms with E-state index >= 15 is 0 Å². The normalized spacial score (nSPS) is 12.2. The third-order valence-electron chi connectivity index (χ3n) is 3.52. The van der Waals surface area contributed by atoms with Crippen molar-refractivity contribution < 1.29 is 8.85 Å². The Morgan fingerprint density at radius 1 is 1.21 bits per heavy atom. The van der Waals surface area contributed by atoms with Gasteiger partial charge in [0.25, 0.3) is 11.1 Å². The van der Waals surface area contributed by atoms with E-state index in [0.29, 0.717) is 4.68 Å². The van der Waals surface area contributed by atoms with Crippen LogP contribution in [0.3, 0.4) is 0 Å². The minimum absolute atomic E-state index is 0.0871. The molecule has 2 heterocycles. The van der Waals surface area contributed by atoms with Gasteiger partial charge >= 0.3 is 5.69 Å². The minimum atomic E-state index is -1.13. The summed E-state index contributed by atoms with van der Waals surface area (Å²) in [5.41, 5.74) is -3.87. The van der Waals surface area contributed by atoms with E-state index in [2.05, 4.69) is 15.3 Å². The van der Waals surface area contributed by atoms with Crippen molar-refractivity contribution in [3.63, 3.8) is 0 Å². The monoisotopic (exact) mass is 437 g/mol. The summed E-state index contributed by atoms with van der Waals surface area (Å²) in [6, 6.07) is -0.128. The first-order chi connectivity index (χ1) is 15.0. The van der Waals surface area contributed by atoms with Gasteiger partial charge in [-0.3, -0.25) is 14.6 Å². The van der Waals surface area contributed by atoms with Crippen LogP contribution < -0.4 is 21.5 Å². The van der Waals surface area contributed by atoms with Crippen molar-refractivity contribution in [3.05, 3.63) is 70.6 Å². The van der Waals surface area contributed by atoms with Crippen LogP contribution in [0.2, 0.25) is 10.0 Å². The molecule has 148 valence electrons. The molecule has 0 amide bonds. The lowest BCUT2D eigenvalue weighted by atomic mass is 10.1. The Morgan fingerprint density at radius 3 is 2.45 bits per heavy atom. The largest absolute Gasteiger partial charge is 0.434 e. The zero-order valence-electron chi connectivity index (χ0n) is 17.8. The van der Waals surface area contributed by atoms with Gasteiger partial charge in [0.05, 0.1) is 19.8 Å². The highest BCUT2D eigenvalue weighted by Crippen LogP contribution is 2.37. The van der Waals surface area contributed by atoms with Gasteiger partial charge in [0.2, 0.25) is 11.6 Å². The maximum absolute atomic E-state index is 12.2. The highest BCUT2D eigenvalue weighted by Gasteiger charge is 2.16. The zero-order valence-corrected chi connectivity index (χ0v) is 16.3. The van der Waals surface area contributed by atoms with E-state index in [4.69, 9.17) is 37.3 Å². The van der Waals surface area contributed by atoms with Gasteiger partial charge < -0.3 is 4.74 Å². The van der Waals surface area contributed by atoms with Crippen LogP contribution in [0.15, 0.2) is 32.5 Å². The molecule has 0 aliphatic carbocycles. The number of nitrogens with zero attached hydrogens (tertiary/aromatic N) is 4. The van der Waals surface area contributed by atoms with Crippen LogP contribution in [-0.4, -0.2) is 25.0 Å². The molecule has 0 aliphatic rings. The predicted molar refractivity (Wildman–Crippen MR) is 104 cm³/mol. The maximum Gasteiger partial charge on any atom is 0.349 e. The molecular weight excluding hydrogens is 423 g/mol. The molecule has 10 nitrogen and oxygen atoms in total. The molecule has 0 spiro atoms. The summed E-state index contributed by atoms with van der Waals surface area (Å²) in [6.07, 6.45) is 0. The number of nitriles is 1. The second-order valence-electron chi connectivity index (χ2n) is 5.84. The highest BCUT2D eigenvalue weighted by molar-refractivity contribution is 6.37. The quantitative estimate of drug-likeness (QED) is 0.634. The van der Waals surface area contributed by atoms with Gasteiger partial charge in [0.15, 0.2) is 5.75 Å². The number of H-pyrrole nitrogens is 2. The van der Waals surface area contributed by atoms with Gasteiger partial charge in [-0.15, -0.1) is 10.2 Å². The third kappa shape index (κ3) is 4.06.